The number of rotatable bonds is 4. The van der Waals surface area contributed by atoms with Crippen LogP contribution < -0.4 is 5.32 Å². The smallest absolute Gasteiger partial charge is 0.0590 e. The maximum absolute atomic E-state index is 5.90. The summed E-state index contributed by atoms with van der Waals surface area (Å²) in [6.07, 6.45) is 2.55. The SMILES string of the molecule is CNC(Cc1ccc(Cl)cc1)C1CCOC1C. The maximum Gasteiger partial charge on any atom is 0.0590 e. The summed E-state index contributed by atoms with van der Waals surface area (Å²) in [5, 5.41) is 4.22. The number of likely N-dealkylation sites (N-methyl/N-ethyl adjacent to an activating group) is 1. The summed E-state index contributed by atoms with van der Waals surface area (Å²) in [5.74, 6) is 0.607. The van der Waals surface area contributed by atoms with Crippen LogP contribution in [0, 0.1) is 5.92 Å². The van der Waals surface area contributed by atoms with Crippen LogP contribution in [0.2, 0.25) is 5.02 Å². The number of halogens is 1. The van der Waals surface area contributed by atoms with Gasteiger partial charge in [0.2, 0.25) is 0 Å². The highest BCUT2D eigenvalue weighted by atomic mass is 35.5. The Bertz CT molecular complexity index is 352. The molecule has 1 aliphatic heterocycles. The molecule has 0 amide bonds. The highest BCUT2D eigenvalue weighted by Crippen LogP contribution is 2.26. The van der Waals surface area contributed by atoms with Gasteiger partial charge in [-0.05, 0) is 44.5 Å². The fourth-order valence-corrected chi connectivity index (χ4v) is 2.74. The van der Waals surface area contributed by atoms with Gasteiger partial charge in [-0.2, -0.15) is 0 Å². The Hall–Kier alpha value is -0.570. The first-order valence-corrected chi connectivity index (χ1v) is 6.62. The number of ether oxygens (including phenoxy) is 1. The van der Waals surface area contributed by atoms with Gasteiger partial charge in [0.1, 0.15) is 0 Å². The van der Waals surface area contributed by atoms with Gasteiger partial charge in [-0.3, -0.25) is 0 Å². The van der Waals surface area contributed by atoms with Crippen molar-refractivity contribution in [3.8, 4) is 0 Å². The zero-order valence-corrected chi connectivity index (χ0v) is 11.2. The van der Waals surface area contributed by atoms with E-state index in [1.165, 1.54) is 5.56 Å². The van der Waals surface area contributed by atoms with E-state index in [-0.39, 0.29) is 0 Å². The molecule has 1 saturated heterocycles. The van der Waals surface area contributed by atoms with Gasteiger partial charge in [0, 0.05) is 23.6 Å². The zero-order valence-electron chi connectivity index (χ0n) is 10.4. The number of benzene rings is 1. The van der Waals surface area contributed by atoms with Crippen molar-refractivity contribution in [3.05, 3.63) is 34.9 Å². The van der Waals surface area contributed by atoms with E-state index in [2.05, 4.69) is 24.4 Å². The van der Waals surface area contributed by atoms with E-state index in [1.54, 1.807) is 0 Å². The van der Waals surface area contributed by atoms with Crippen LogP contribution in [0.1, 0.15) is 18.9 Å². The van der Waals surface area contributed by atoms with E-state index in [9.17, 15) is 0 Å². The van der Waals surface area contributed by atoms with Crippen molar-refractivity contribution in [2.75, 3.05) is 13.7 Å². The molecule has 0 aliphatic carbocycles. The largest absolute Gasteiger partial charge is 0.378 e. The summed E-state index contributed by atoms with van der Waals surface area (Å²) < 4.78 is 5.64. The van der Waals surface area contributed by atoms with Crippen molar-refractivity contribution in [2.24, 2.45) is 5.92 Å². The van der Waals surface area contributed by atoms with Crippen LogP contribution in [0.4, 0.5) is 0 Å². The predicted octanol–water partition coefficient (Wildman–Crippen LogP) is 2.90. The van der Waals surface area contributed by atoms with Crippen LogP contribution in [0.3, 0.4) is 0 Å². The van der Waals surface area contributed by atoms with Crippen molar-refractivity contribution >= 4 is 11.6 Å². The minimum absolute atomic E-state index is 0.361. The molecule has 1 aliphatic rings. The molecule has 94 valence electrons. The summed E-state index contributed by atoms with van der Waals surface area (Å²) in [5.41, 5.74) is 1.33. The minimum atomic E-state index is 0.361. The summed E-state index contributed by atoms with van der Waals surface area (Å²) in [7, 11) is 2.03. The lowest BCUT2D eigenvalue weighted by molar-refractivity contribution is 0.0963. The highest BCUT2D eigenvalue weighted by Gasteiger charge is 2.30. The second kappa shape index (κ2) is 5.85. The van der Waals surface area contributed by atoms with Gasteiger partial charge in [-0.1, -0.05) is 23.7 Å². The predicted molar refractivity (Wildman–Crippen MR) is 71.5 cm³/mol. The van der Waals surface area contributed by atoms with Gasteiger partial charge in [0.15, 0.2) is 0 Å². The van der Waals surface area contributed by atoms with E-state index in [1.807, 2.05) is 19.2 Å². The van der Waals surface area contributed by atoms with E-state index in [0.717, 1.165) is 24.5 Å². The Labute approximate surface area is 108 Å². The van der Waals surface area contributed by atoms with Crippen LogP contribution in [0.15, 0.2) is 24.3 Å². The number of hydrogen-bond acceptors (Lipinski definition) is 2. The van der Waals surface area contributed by atoms with E-state index in [4.69, 9.17) is 16.3 Å². The van der Waals surface area contributed by atoms with Crippen molar-refractivity contribution in [3.63, 3.8) is 0 Å². The molecule has 1 aromatic rings. The second-order valence-corrected chi connectivity index (χ2v) is 5.19. The molecule has 2 rings (SSSR count). The normalized spacial score (nSPS) is 26.1. The number of hydrogen-bond donors (Lipinski definition) is 1. The van der Waals surface area contributed by atoms with Crippen LogP contribution >= 0.6 is 11.6 Å². The third-order valence-corrected chi connectivity index (χ3v) is 3.94. The average molecular weight is 254 g/mol. The first-order valence-electron chi connectivity index (χ1n) is 6.24. The molecular formula is C14H20ClNO. The Morgan fingerprint density at radius 1 is 1.41 bits per heavy atom. The molecule has 2 nitrogen and oxygen atoms in total. The van der Waals surface area contributed by atoms with Gasteiger partial charge in [-0.25, -0.2) is 0 Å². The summed E-state index contributed by atoms with van der Waals surface area (Å²) >= 11 is 5.90. The molecule has 17 heavy (non-hydrogen) atoms. The first-order chi connectivity index (χ1) is 8.20. The molecule has 0 spiro atoms. The van der Waals surface area contributed by atoms with E-state index < -0.39 is 0 Å². The Morgan fingerprint density at radius 2 is 2.12 bits per heavy atom. The summed E-state index contributed by atoms with van der Waals surface area (Å²) in [6, 6.07) is 8.60. The van der Waals surface area contributed by atoms with Gasteiger partial charge >= 0.3 is 0 Å². The topological polar surface area (TPSA) is 21.3 Å². The molecular weight excluding hydrogens is 234 g/mol. The van der Waals surface area contributed by atoms with Crippen LogP contribution in [0.25, 0.3) is 0 Å². The first kappa shape index (κ1) is 12.9. The summed E-state index contributed by atoms with van der Waals surface area (Å²) in [6.45, 7) is 3.06. The Morgan fingerprint density at radius 3 is 2.65 bits per heavy atom. The van der Waals surface area contributed by atoms with Crippen molar-refractivity contribution in [1.82, 2.24) is 5.32 Å². The molecule has 1 N–H and O–H groups in total. The minimum Gasteiger partial charge on any atom is -0.378 e. The molecule has 3 heteroatoms. The van der Waals surface area contributed by atoms with Gasteiger partial charge < -0.3 is 10.1 Å². The van der Waals surface area contributed by atoms with Crippen molar-refractivity contribution < 1.29 is 4.74 Å². The Kier molecular flexibility index (Phi) is 4.43. The molecule has 0 saturated carbocycles. The lowest BCUT2D eigenvalue weighted by atomic mass is 9.89. The standard InChI is InChI=1S/C14H20ClNO/c1-10-13(7-8-17-10)14(16-2)9-11-3-5-12(15)6-4-11/h3-6,10,13-14,16H,7-9H2,1-2H3. The van der Waals surface area contributed by atoms with E-state index >= 15 is 0 Å². The summed E-state index contributed by atoms with van der Waals surface area (Å²) in [4.78, 5) is 0. The van der Waals surface area contributed by atoms with Crippen molar-refractivity contribution in [1.29, 1.82) is 0 Å². The molecule has 0 radical (unpaired) electrons. The number of nitrogens with one attached hydrogen (secondary N) is 1. The molecule has 3 atom stereocenters. The second-order valence-electron chi connectivity index (χ2n) is 4.75. The fraction of sp³-hybridized carbons (Fsp3) is 0.571. The lowest BCUT2D eigenvalue weighted by Gasteiger charge is -2.25. The van der Waals surface area contributed by atoms with E-state index in [0.29, 0.717) is 18.1 Å². The highest BCUT2D eigenvalue weighted by molar-refractivity contribution is 6.30. The lowest BCUT2D eigenvalue weighted by Crippen LogP contribution is -2.38. The molecule has 1 aromatic carbocycles. The molecule has 0 bridgehead atoms. The van der Waals surface area contributed by atoms with Gasteiger partial charge in [0.25, 0.3) is 0 Å². The third kappa shape index (κ3) is 3.21. The molecule has 1 fully saturated rings. The quantitative estimate of drug-likeness (QED) is 0.891. The van der Waals surface area contributed by atoms with Crippen LogP contribution in [0.5, 0.6) is 0 Å². The van der Waals surface area contributed by atoms with Gasteiger partial charge in [0.05, 0.1) is 6.10 Å². The molecule has 0 aromatic heterocycles. The van der Waals surface area contributed by atoms with Gasteiger partial charge in [-0.15, -0.1) is 0 Å². The Balaban J connectivity index is 2.01. The van der Waals surface area contributed by atoms with Crippen molar-refractivity contribution in [2.45, 2.75) is 31.9 Å². The third-order valence-electron chi connectivity index (χ3n) is 3.69. The average Bonchev–Trinajstić information content (AvgIpc) is 2.75. The van der Waals surface area contributed by atoms with Crippen LogP contribution in [-0.2, 0) is 11.2 Å². The van der Waals surface area contributed by atoms with Crippen LogP contribution in [-0.4, -0.2) is 25.8 Å². The fourth-order valence-electron chi connectivity index (χ4n) is 2.62. The molecule has 3 unspecified atom stereocenters. The maximum atomic E-state index is 5.90. The monoisotopic (exact) mass is 253 g/mol. The molecule has 1 heterocycles. The zero-order chi connectivity index (χ0) is 12.3.